The number of hydrogen-bond donors (Lipinski definition) is 3. The molecule has 3 rings (SSSR count). The lowest BCUT2D eigenvalue weighted by Gasteiger charge is -2.28. The molecule has 0 aliphatic carbocycles. The Morgan fingerprint density at radius 2 is 1.00 bits per heavy atom. The number of carbonyl (C=O) groups is 3. The molecule has 2 aromatic rings. The third-order valence-electron chi connectivity index (χ3n) is 5.19. The smallest absolute Gasteiger partial charge is 0.317 e. The van der Waals surface area contributed by atoms with Crippen LogP contribution in [0.1, 0.15) is 11.4 Å². The van der Waals surface area contributed by atoms with Gasteiger partial charge in [-0.3, -0.25) is 29.1 Å². The molecule has 11 heteroatoms. The molecular formula is C22H27N5O6. The Labute approximate surface area is 190 Å². The largest absolute Gasteiger partial charge is 0.480 e. The molecule has 2 aromatic heterocycles. The van der Waals surface area contributed by atoms with Crippen LogP contribution >= 0.6 is 0 Å². The number of hydrogen-bond acceptors (Lipinski definition) is 8. The van der Waals surface area contributed by atoms with Crippen LogP contribution in [-0.4, -0.2) is 104 Å². The van der Waals surface area contributed by atoms with E-state index >= 15 is 0 Å². The Hall–Kier alpha value is -3.41. The van der Waals surface area contributed by atoms with Crippen molar-refractivity contribution in [1.82, 2.24) is 24.7 Å². The highest BCUT2D eigenvalue weighted by Crippen LogP contribution is 2.17. The maximum atomic E-state index is 11.4. The molecule has 33 heavy (non-hydrogen) atoms. The number of nitrogens with zero attached hydrogens (tertiary/aromatic N) is 5. The van der Waals surface area contributed by atoms with Gasteiger partial charge >= 0.3 is 17.9 Å². The zero-order chi connectivity index (χ0) is 23.8. The Kier molecular flexibility index (Phi) is 8.41. The van der Waals surface area contributed by atoms with Crippen molar-refractivity contribution in [2.45, 2.75) is 13.1 Å². The quantitative estimate of drug-likeness (QED) is 0.551. The molecule has 4 bridgehead atoms. The number of pyridine rings is 2. The molecule has 0 radical (unpaired) electrons. The lowest BCUT2D eigenvalue weighted by Crippen LogP contribution is -2.43. The Bertz CT molecular complexity index is 929. The average molecular weight is 457 g/mol. The molecule has 0 fully saturated rings. The maximum absolute atomic E-state index is 11.4. The van der Waals surface area contributed by atoms with Crippen LogP contribution in [0.4, 0.5) is 0 Å². The molecule has 0 spiro atoms. The van der Waals surface area contributed by atoms with Gasteiger partial charge in [-0.25, -0.2) is 9.97 Å². The number of aliphatic carboxylic acids is 3. The van der Waals surface area contributed by atoms with Crippen molar-refractivity contribution in [3.8, 4) is 11.4 Å². The van der Waals surface area contributed by atoms with Crippen LogP contribution in [0.15, 0.2) is 36.4 Å². The fourth-order valence-electron chi connectivity index (χ4n) is 3.72. The number of rotatable bonds is 6. The standard InChI is InChI=1S/C22H27N5O6/c28-20(29)13-25-7-9-26(14-21(30)31)11-16-3-1-5-18(23-16)19-6-2-4-17(24-19)12-27(10-8-25)15-22(32)33/h1-6H,7-15H2,(H,28,29)(H,30,31)(H,32,33). The molecule has 0 aromatic carbocycles. The molecule has 0 saturated heterocycles. The minimum atomic E-state index is -1.01. The van der Waals surface area contributed by atoms with Crippen molar-refractivity contribution in [3.05, 3.63) is 47.8 Å². The van der Waals surface area contributed by atoms with Gasteiger partial charge in [0.1, 0.15) is 0 Å². The van der Waals surface area contributed by atoms with E-state index in [9.17, 15) is 29.7 Å². The lowest BCUT2D eigenvalue weighted by atomic mass is 10.2. The zero-order valence-corrected chi connectivity index (χ0v) is 18.1. The minimum Gasteiger partial charge on any atom is -0.480 e. The van der Waals surface area contributed by atoms with Gasteiger partial charge in [-0.1, -0.05) is 12.1 Å². The first-order chi connectivity index (χ1) is 15.8. The first kappa shape index (κ1) is 24.2. The van der Waals surface area contributed by atoms with Crippen LogP contribution in [0.25, 0.3) is 11.4 Å². The Morgan fingerprint density at radius 1 is 0.636 bits per heavy atom. The second-order valence-electron chi connectivity index (χ2n) is 7.91. The van der Waals surface area contributed by atoms with Gasteiger partial charge in [-0.2, -0.15) is 0 Å². The lowest BCUT2D eigenvalue weighted by molar-refractivity contribution is -0.140. The van der Waals surface area contributed by atoms with Crippen molar-refractivity contribution in [1.29, 1.82) is 0 Å². The summed E-state index contributed by atoms with van der Waals surface area (Å²) in [6, 6.07) is 10.9. The third-order valence-corrected chi connectivity index (χ3v) is 5.19. The van der Waals surface area contributed by atoms with Gasteiger partial charge in [-0.15, -0.1) is 0 Å². The van der Waals surface area contributed by atoms with E-state index in [2.05, 4.69) is 9.97 Å². The van der Waals surface area contributed by atoms with Crippen molar-refractivity contribution in [3.63, 3.8) is 0 Å². The minimum absolute atomic E-state index is 0.217. The van der Waals surface area contributed by atoms with Crippen LogP contribution in [0.5, 0.6) is 0 Å². The highest BCUT2D eigenvalue weighted by Gasteiger charge is 2.19. The van der Waals surface area contributed by atoms with Crippen LogP contribution in [-0.2, 0) is 27.5 Å². The van der Waals surface area contributed by atoms with E-state index in [0.29, 0.717) is 49.0 Å². The van der Waals surface area contributed by atoms with Crippen LogP contribution in [0.3, 0.4) is 0 Å². The average Bonchev–Trinajstić information content (AvgIpc) is 2.74. The molecule has 11 nitrogen and oxygen atoms in total. The fraction of sp³-hybridized carbons (Fsp3) is 0.409. The van der Waals surface area contributed by atoms with E-state index in [1.807, 2.05) is 36.4 Å². The van der Waals surface area contributed by atoms with E-state index in [1.165, 1.54) is 0 Å². The molecule has 176 valence electrons. The van der Waals surface area contributed by atoms with Gasteiger partial charge in [0.25, 0.3) is 0 Å². The van der Waals surface area contributed by atoms with Gasteiger partial charge in [0.15, 0.2) is 0 Å². The molecule has 1 aliphatic heterocycles. The summed E-state index contributed by atoms with van der Waals surface area (Å²) in [7, 11) is 0. The van der Waals surface area contributed by atoms with Gasteiger partial charge < -0.3 is 15.3 Å². The van der Waals surface area contributed by atoms with Crippen LogP contribution < -0.4 is 0 Å². The summed E-state index contributed by atoms with van der Waals surface area (Å²) in [5, 5.41) is 28.0. The summed E-state index contributed by atoms with van der Waals surface area (Å²) in [4.78, 5) is 48.5. The van der Waals surface area contributed by atoms with Crippen LogP contribution in [0, 0.1) is 0 Å². The monoisotopic (exact) mass is 457 g/mol. The Balaban J connectivity index is 1.96. The predicted octanol–water partition coefficient (Wildman–Crippen LogP) is 0.317. The van der Waals surface area contributed by atoms with Gasteiger partial charge in [0, 0.05) is 39.3 Å². The van der Waals surface area contributed by atoms with Crippen molar-refractivity contribution >= 4 is 17.9 Å². The van der Waals surface area contributed by atoms with Crippen molar-refractivity contribution in [2.75, 3.05) is 45.8 Å². The summed E-state index contributed by atoms with van der Waals surface area (Å²) in [6.45, 7) is 1.16. The normalized spacial score (nSPS) is 16.5. The maximum Gasteiger partial charge on any atom is 0.317 e. The number of carboxylic acid groups (broad SMARTS) is 3. The number of aromatic nitrogens is 2. The second kappa shape index (κ2) is 11.5. The summed E-state index contributed by atoms with van der Waals surface area (Å²) in [6.07, 6.45) is 0. The molecule has 1 aliphatic rings. The summed E-state index contributed by atoms with van der Waals surface area (Å²) < 4.78 is 0. The summed E-state index contributed by atoms with van der Waals surface area (Å²) >= 11 is 0. The van der Waals surface area contributed by atoms with Crippen LogP contribution in [0.2, 0.25) is 0 Å². The summed E-state index contributed by atoms with van der Waals surface area (Å²) in [5.74, 6) is -2.99. The molecule has 0 atom stereocenters. The molecular weight excluding hydrogens is 430 g/mol. The SMILES string of the molecule is O=C(O)CN1CCN(CC(=O)O)Cc2cccc(n2)-c2cccc(n2)CN(CC(=O)O)CC1. The molecule has 3 heterocycles. The molecule has 0 saturated carbocycles. The zero-order valence-electron chi connectivity index (χ0n) is 18.1. The van der Waals surface area contributed by atoms with E-state index in [-0.39, 0.29) is 32.7 Å². The predicted molar refractivity (Wildman–Crippen MR) is 117 cm³/mol. The van der Waals surface area contributed by atoms with Crippen molar-refractivity contribution < 1.29 is 29.7 Å². The van der Waals surface area contributed by atoms with E-state index in [0.717, 1.165) is 0 Å². The third kappa shape index (κ3) is 7.90. The molecule has 0 unspecified atom stereocenters. The van der Waals surface area contributed by atoms with E-state index < -0.39 is 17.9 Å². The van der Waals surface area contributed by atoms with E-state index in [4.69, 9.17) is 0 Å². The van der Waals surface area contributed by atoms with Crippen molar-refractivity contribution in [2.24, 2.45) is 0 Å². The fourth-order valence-corrected chi connectivity index (χ4v) is 3.72. The highest BCUT2D eigenvalue weighted by atomic mass is 16.4. The first-order valence-corrected chi connectivity index (χ1v) is 10.5. The summed E-state index contributed by atoms with van der Waals surface area (Å²) in [5.41, 5.74) is 2.62. The van der Waals surface area contributed by atoms with Gasteiger partial charge in [0.2, 0.25) is 0 Å². The number of fused-ring (bicyclic) bond motifs is 5. The second-order valence-corrected chi connectivity index (χ2v) is 7.91. The van der Waals surface area contributed by atoms with Gasteiger partial charge in [0.05, 0.1) is 42.4 Å². The van der Waals surface area contributed by atoms with Gasteiger partial charge in [-0.05, 0) is 24.3 Å². The number of carboxylic acids is 3. The molecule has 3 N–H and O–H groups in total. The topological polar surface area (TPSA) is 147 Å². The van der Waals surface area contributed by atoms with E-state index in [1.54, 1.807) is 14.7 Å². The Morgan fingerprint density at radius 3 is 1.39 bits per heavy atom. The molecule has 0 amide bonds. The highest BCUT2D eigenvalue weighted by molar-refractivity contribution is 5.70. The first-order valence-electron chi connectivity index (χ1n) is 10.5.